The van der Waals surface area contributed by atoms with Gasteiger partial charge >= 0.3 is 0 Å². The van der Waals surface area contributed by atoms with Crippen molar-refractivity contribution in [3.63, 3.8) is 0 Å². The van der Waals surface area contributed by atoms with E-state index in [1.54, 1.807) is 0 Å². The number of carbonyl (C=O) groups is 2. The molecule has 2 N–H and O–H groups in total. The molecule has 1 aromatic rings. The smallest absolute Gasteiger partial charge is 0.242 e. The highest BCUT2D eigenvalue weighted by molar-refractivity contribution is 5.90. The predicted octanol–water partition coefficient (Wildman–Crippen LogP) is 2.90. The van der Waals surface area contributed by atoms with Gasteiger partial charge in [0.1, 0.15) is 6.04 Å². The number of rotatable bonds is 4. The van der Waals surface area contributed by atoms with Crippen molar-refractivity contribution >= 4 is 11.8 Å². The van der Waals surface area contributed by atoms with Crippen LogP contribution < -0.4 is 10.6 Å². The molecule has 2 amide bonds. The van der Waals surface area contributed by atoms with Gasteiger partial charge < -0.3 is 15.4 Å². The first-order chi connectivity index (χ1) is 15.5. The second-order valence-electron chi connectivity index (χ2n) is 9.46. The van der Waals surface area contributed by atoms with Gasteiger partial charge in [-0.1, -0.05) is 26.7 Å². The van der Waals surface area contributed by atoms with Crippen LogP contribution in [0, 0.1) is 11.3 Å². The highest BCUT2D eigenvalue weighted by Crippen LogP contribution is 2.38. The maximum absolute atomic E-state index is 13.7. The number of likely N-dealkylation sites (tertiary alicyclic amines) is 1. The van der Waals surface area contributed by atoms with Crippen molar-refractivity contribution in [1.82, 2.24) is 20.5 Å². The van der Waals surface area contributed by atoms with Crippen LogP contribution in [-0.4, -0.2) is 60.6 Å². The number of carbonyl (C=O) groups excluding carboxylic acids is 2. The van der Waals surface area contributed by atoms with E-state index < -0.39 is 11.5 Å². The number of piperidine rings is 1. The largest absolute Gasteiger partial charge is 0.381 e. The van der Waals surface area contributed by atoms with Crippen molar-refractivity contribution in [2.45, 2.75) is 71.4 Å². The zero-order chi connectivity index (χ0) is 22.8. The summed E-state index contributed by atoms with van der Waals surface area (Å²) < 4.78 is 5.73. The van der Waals surface area contributed by atoms with Gasteiger partial charge in [0, 0.05) is 38.7 Å². The molecule has 1 aromatic heterocycles. The van der Waals surface area contributed by atoms with E-state index in [9.17, 15) is 9.59 Å². The fraction of sp³-hybridized carbons (Fsp3) is 0.720. The Bertz CT molecular complexity index is 719. The first-order valence-corrected chi connectivity index (χ1v) is 12.3. The molecule has 1 spiro atoms. The quantitative estimate of drug-likeness (QED) is 0.746. The number of hydrogen-bond donors (Lipinski definition) is 2. The van der Waals surface area contributed by atoms with Crippen molar-refractivity contribution in [3.05, 3.63) is 30.1 Å². The summed E-state index contributed by atoms with van der Waals surface area (Å²) in [6, 6.07) is 3.62. The summed E-state index contributed by atoms with van der Waals surface area (Å²) in [4.78, 5) is 33.0. The van der Waals surface area contributed by atoms with E-state index in [1.165, 1.54) is 5.56 Å². The molecule has 7 heteroatoms. The van der Waals surface area contributed by atoms with Crippen molar-refractivity contribution in [3.8, 4) is 0 Å². The maximum Gasteiger partial charge on any atom is 0.242 e. The topological polar surface area (TPSA) is 83.6 Å². The summed E-state index contributed by atoms with van der Waals surface area (Å²) in [5.74, 6) is 0.0708. The van der Waals surface area contributed by atoms with E-state index >= 15 is 0 Å². The molecule has 178 valence electrons. The van der Waals surface area contributed by atoms with Crippen molar-refractivity contribution in [2.24, 2.45) is 11.3 Å². The number of aromatic nitrogens is 1. The fourth-order valence-electron chi connectivity index (χ4n) is 4.74. The Balaban J connectivity index is 1.71. The van der Waals surface area contributed by atoms with E-state index in [2.05, 4.69) is 27.4 Å². The highest BCUT2D eigenvalue weighted by Gasteiger charge is 2.42. The molecule has 0 saturated carbocycles. The summed E-state index contributed by atoms with van der Waals surface area (Å²) in [5, 5.41) is 6.19. The van der Waals surface area contributed by atoms with Crippen LogP contribution in [0.1, 0.15) is 64.4 Å². The molecule has 2 fully saturated rings. The van der Waals surface area contributed by atoms with Crippen LogP contribution in [0.25, 0.3) is 0 Å². The molecule has 32 heavy (non-hydrogen) atoms. The molecular weight excluding hydrogens is 404 g/mol. The summed E-state index contributed by atoms with van der Waals surface area (Å²) >= 11 is 0. The maximum atomic E-state index is 13.7. The lowest BCUT2D eigenvalue weighted by Gasteiger charge is -2.42. The lowest BCUT2D eigenvalue weighted by Crippen LogP contribution is -2.56. The summed E-state index contributed by atoms with van der Waals surface area (Å²) in [7, 11) is 0. The number of nitrogens with zero attached hydrogens (tertiary/aromatic N) is 2. The van der Waals surface area contributed by atoms with E-state index in [-0.39, 0.29) is 17.7 Å². The molecule has 0 radical (unpaired) electrons. The third-order valence-corrected chi connectivity index (χ3v) is 7.19. The first-order valence-electron chi connectivity index (χ1n) is 12.3. The van der Waals surface area contributed by atoms with Gasteiger partial charge in [-0.2, -0.15) is 0 Å². The Morgan fingerprint density at radius 3 is 2.56 bits per heavy atom. The van der Waals surface area contributed by atoms with Gasteiger partial charge in [0.05, 0.1) is 5.41 Å². The summed E-state index contributed by atoms with van der Waals surface area (Å²) in [5.41, 5.74) is 0.835. The minimum absolute atomic E-state index is 0.0551. The average Bonchev–Trinajstić information content (AvgIpc) is 2.82. The van der Waals surface area contributed by atoms with Crippen LogP contribution >= 0.6 is 0 Å². The van der Waals surface area contributed by atoms with Crippen LogP contribution in [0.4, 0.5) is 0 Å². The van der Waals surface area contributed by atoms with Crippen molar-refractivity contribution < 1.29 is 14.3 Å². The summed E-state index contributed by atoms with van der Waals surface area (Å²) in [6.45, 7) is 8.71. The standard InChI is InChI=1S/C25H40N4O3/c1-3-20(2)22-23(30)27-12-6-18-32-17-5-4-9-25(24(31)28-22)10-15-29(16-11-25)19-21-7-13-26-14-8-21/h7-8,13-14,20,22H,3-6,9-12,15-19H2,1-2H3,(H,27,30)(H,28,31)/t20-,22-/m0/s1. The van der Waals surface area contributed by atoms with Crippen molar-refractivity contribution in [2.75, 3.05) is 32.8 Å². The minimum atomic E-state index is -0.483. The third kappa shape index (κ3) is 6.75. The number of nitrogens with one attached hydrogen (secondary N) is 2. The zero-order valence-corrected chi connectivity index (χ0v) is 19.8. The summed E-state index contributed by atoms with van der Waals surface area (Å²) in [6.07, 6.45) is 9.72. The molecule has 0 aromatic carbocycles. The number of amides is 2. The molecule has 2 atom stereocenters. The van der Waals surface area contributed by atoms with E-state index in [4.69, 9.17) is 4.74 Å². The van der Waals surface area contributed by atoms with Crippen molar-refractivity contribution in [1.29, 1.82) is 0 Å². The van der Waals surface area contributed by atoms with Crippen LogP contribution in [0.15, 0.2) is 24.5 Å². The van der Waals surface area contributed by atoms with Gasteiger partial charge in [-0.05, 0) is 68.8 Å². The monoisotopic (exact) mass is 444 g/mol. The molecule has 3 rings (SSSR count). The second kappa shape index (κ2) is 12.3. The second-order valence-corrected chi connectivity index (χ2v) is 9.46. The zero-order valence-electron chi connectivity index (χ0n) is 19.8. The van der Waals surface area contributed by atoms with E-state index in [0.29, 0.717) is 13.2 Å². The van der Waals surface area contributed by atoms with Crippen LogP contribution in [0.2, 0.25) is 0 Å². The fourth-order valence-corrected chi connectivity index (χ4v) is 4.74. The Kier molecular flexibility index (Phi) is 9.48. The molecule has 0 unspecified atom stereocenters. The number of ether oxygens (including phenoxy) is 1. The van der Waals surface area contributed by atoms with Gasteiger partial charge in [-0.15, -0.1) is 0 Å². The van der Waals surface area contributed by atoms with E-state index in [1.807, 2.05) is 31.5 Å². The molecule has 0 aliphatic carbocycles. The van der Waals surface area contributed by atoms with Crippen LogP contribution in [0.3, 0.4) is 0 Å². The molecule has 2 aliphatic rings. The highest BCUT2D eigenvalue weighted by atomic mass is 16.5. The van der Waals surface area contributed by atoms with Gasteiger partial charge in [-0.3, -0.25) is 19.5 Å². The number of hydrogen-bond acceptors (Lipinski definition) is 5. The molecule has 7 nitrogen and oxygen atoms in total. The van der Waals surface area contributed by atoms with Gasteiger partial charge in [-0.25, -0.2) is 0 Å². The van der Waals surface area contributed by atoms with Gasteiger partial charge in [0.25, 0.3) is 0 Å². The average molecular weight is 445 g/mol. The molecular formula is C25H40N4O3. The van der Waals surface area contributed by atoms with Gasteiger partial charge in [0.15, 0.2) is 0 Å². The molecule has 0 bridgehead atoms. The first kappa shape index (κ1) is 24.6. The minimum Gasteiger partial charge on any atom is -0.381 e. The van der Waals surface area contributed by atoms with E-state index in [0.717, 1.165) is 71.2 Å². The SMILES string of the molecule is CC[C@H](C)[C@@H]1NC(=O)C2(CCCCOCCCNC1=O)CCN(Cc1ccncc1)CC2. The predicted molar refractivity (Wildman–Crippen MR) is 125 cm³/mol. The third-order valence-electron chi connectivity index (χ3n) is 7.19. The van der Waals surface area contributed by atoms with Gasteiger partial charge in [0.2, 0.25) is 11.8 Å². The lowest BCUT2D eigenvalue weighted by molar-refractivity contribution is -0.139. The Hall–Kier alpha value is -1.99. The normalized spacial score (nSPS) is 24.9. The Labute approximate surface area is 192 Å². The Morgan fingerprint density at radius 1 is 1.12 bits per heavy atom. The number of pyridine rings is 1. The molecule has 2 saturated heterocycles. The molecule has 2 aliphatic heterocycles. The lowest BCUT2D eigenvalue weighted by atomic mass is 9.73. The molecule has 3 heterocycles. The van der Waals surface area contributed by atoms with Crippen LogP contribution in [-0.2, 0) is 20.9 Å². The van der Waals surface area contributed by atoms with Crippen LogP contribution in [0.5, 0.6) is 0 Å². The Morgan fingerprint density at radius 2 is 1.84 bits per heavy atom.